The highest BCUT2D eigenvalue weighted by atomic mass is 16.5. The van der Waals surface area contributed by atoms with E-state index in [-0.39, 0.29) is 0 Å². The molecule has 1 spiro atoms. The number of hydrogen-bond acceptors (Lipinski definition) is 6. The topological polar surface area (TPSA) is 114 Å². The van der Waals surface area contributed by atoms with Gasteiger partial charge in [-0.05, 0) is 30.9 Å². The highest BCUT2D eigenvalue weighted by molar-refractivity contribution is 6.08. The number of nitrogens with zero attached hydrogens (tertiary/aromatic N) is 1. The average molecular weight is 403 g/mol. The second kappa shape index (κ2) is 8.93. The Balaban J connectivity index is 1.39. The molecule has 1 aliphatic carbocycles. The molecule has 2 N–H and O–H groups in total. The summed E-state index contributed by atoms with van der Waals surface area (Å²) in [5.41, 5.74) is 0.0828. The maximum absolute atomic E-state index is 12.5. The summed E-state index contributed by atoms with van der Waals surface area (Å²) in [6.07, 6.45) is 3.45. The SMILES string of the molecule is COc1ccccc1CCNC(=O)COC(=O)CN1C(=O)NC2(CCCC2)C1=O. The van der Waals surface area contributed by atoms with Gasteiger partial charge in [-0.2, -0.15) is 0 Å². The van der Waals surface area contributed by atoms with Crippen molar-refractivity contribution in [3.8, 4) is 5.75 Å². The summed E-state index contributed by atoms with van der Waals surface area (Å²) >= 11 is 0. The van der Waals surface area contributed by atoms with Crippen LogP contribution in [0.5, 0.6) is 5.75 Å². The van der Waals surface area contributed by atoms with Crippen molar-refractivity contribution in [3.05, 3.63) is 29.8 Å². The molecule has 1 aromatic carbocycles. The van der Waals surface area contributed by atoms with Crippen LogP contribution in [0.2, 0.25) is 0 Å². The molecule has 1 aliphatic heterocycles. The molecule has 1 aromatic rings. The summed E-state index contributed by atoms with van der Waals surface area (Å²) in [6.45, 7) is -0.618. The van der Waals surface area contributed by atoms with Gasteiger partial charge in [0, 0.05) is 6.54 Å². The minimum absolute atomic E-state index is 0.353. The van der Waals surface area contributed by atoms with Crippen molar-refractivity contribution >= 4 is 23.8 Å². The fourth-order valence-corrected chi connectivity index (χ4v) is 3.76. The van der Waals surface area contributed by atoms with Crippen LogP contribution < -0.4 is 15.4 Å². The van der Waals surface area contributed by atoms with Gasteiger partial charge in [-0.15, -0.1) is 0 Å². The molecule has 156 valence electrons. The first-order valence-corrected chi connectivity index (χ1v) is 9.63. The Labute approximate surface area is 168 Å². The number of carbonyl (C=O) groups is 4. The lowest BCUT2D eigenvalue weighted by Gasteiger charge is -2.19. The summed E-state index contributed by atoms with van der Waals surface area (Å²) in [4.78, 5) is 49.3. The number of carbonyl (C=O) groups excluding carboxylic acids is 4. The Morgan fingerprint density at radius 2 is 1.93 bits per heavy atom. The van der Waals surface area contributed by atoms with E-state index in [1.54, 1.807) is 7.11 Å². The number of esters is 1. The zero-order chi connectivity index (χ0) is 20.9. The highest BCUT2D eigenvalue weighted by Crippen LogP contribution is 2.34. The predicted molar refractivity (Wildman–Crippen MR) is 102 cm³/mol. The molecule has 9 nitrogen and oxygen atoms in total. The zero-order valence-corrected chi connectivity index (χ0v) is 16.4. The quantitative estimate of drug-likeness (QED) is 0.489. The van der Waals surface area contributed by atoms with E-state index in [0.29, 0.717) is 25.8 Å². The van der Waals surface area contributed by atoms with Crippen molar-refractivity contribution in [2.45, 2.75) is 37.6 Å². The molecule has 0 atom stereocenters. The summed E-state index contributed by atoms with van der Waals surface area (Å²) in [6, 6.07) is 6.90. The maximum atomic E-state index is 12.5. The van der Waals surface area contributed by atoms with Gasteiger partial charge in [0.25, 0.3) is 11.8 Å². The molecule has 1 saturated heterocycles. The summed E-state index contributed by atoms with van der Waals surface area (Å²) in [7, 11) is 1.58. The molecule has 1 heterocycles. The second-order valence-electron chi connectivity index (χ2n) is 7.18. The van der Waals surface area contributed by atoms with Gasteiger partial charge in [0.1, 0.15) is 17.8 Å². The Bertz CT molecular complexity index is 803. The van der Waals surface area contributed by atoms with E-state index < -0.39 is 42.5 Å². The number of para-hydroxylation sites is 1. The van der Waals surface area contributed by atoms with Gasteiger partial charge >= 0.3 is 12.0 Å². The van der Waals surface area contributed by atoms with E-state index in [1.807, 2.05) is 24.3 Å². The van der Waals surface area contributed by atoms with E-state index in [1.165, 1.54) is 0 Å². The zero-order valence-electron chi connectivity index (χ0n) is 16.4. The molecule has 2 aliphatic rings. The number of methoxy groups -OCH3 is 1. The highest BCUT2D eigenvalue weighted by Gasteiger charge is 2.52. The number of amides is 4. The monoisotopic (exact) mass is 403 g/mol. The maximum Gasteiger partial charge on any atom is 0.326 e. The molecular weight excluding hydrogens is 378 g/mol. The lowest BCUT2D eigenvalue weighted by Crippen LogP contribution is -2.44. The average Bonchev–Trinajstić information content (AvgIpc) is 3.27. The molecule has 4 amide bonds. The van der Waals surface area contributed by atoms with Crippen molar-refractivity contribution in [1.82, 2.24) is 15.5 Å². The van der Waals surface area contributed by atoms with Crippen LogP contribution in [0.4, 0.5) is 4.79 Å². The standard InChI is InChI=1S/C20H25N3O6/c1-28-15-7-3-2-6-14(15)8-11-21-16(24)13-29-17(25)12-23-18(26)20(22-19(23)27)9-4-5-10-20/h2-3,6-7H,4-5,8-13H2,1H3,(H,21,24)(H,22,27). The molecule has 0 radical (unpaired) electrons. The van der Waals surface area contributed by atoms with Crippen molar-refractivity contribution in [1.29, 1.82) is 0 Å². The fraction of sp³-hybridized carbons (Fsp3) is 0.500. The van der Waals surface area contributed by atoms with Crippen LogP contribution in [0.15, 0.2) is 24.3 Å². The third-order valence-corrected chi connectivity index (χ3v) is 5.26. The van der Waals surface area contributed by atoms with Crippen LogP contribution in [0.3, 0.4) is 0 Å². The minimum Gasteiger partial charge on any atom is -0.496 e. The number of hydrogen-bond donors (Lipinski definition) is 2. The lowest BCUT2D eigenvalue weighted by molar-refractivity contribution is -0.151. The molecule has 2 fully saturated rings. The van der Waals surface area contributed by atoms with Gasteiger partial charge in [0.2, 0.25) is 0 Å². The van der Waals surface area contributed by atoms with Gasteiger partial charge in [-0.1, -0.05) is 31.0 Å². The Hall–Kier alpha value is -3.10. The summed E-state index contributed by atoms with van der Waals surface area (Å²) in [5.74, 6) is -0.916. The van der Waals surface area contributed by atoms with Crippen LogP contribution in [0, 0.1) is 0 Å². The van der Waals surface area contributed by atoms with Crippen molar-refractivity contribution in [2.24, 2.45) is 0 Å². The van der Waals surface area contributed by atoms with Crippen LogP contribution in [-0.4, -0.2) is 61.1 Å². The third-order valence-electron chi connectivity index (χ3n) is 5.26. The van der Waals surface area contributed by atoms with Crippen LogP contribution >= 0.6 is 0 Å². The molecule has 9 heteroatoms. The van der Waals surface area contributed by atoms with E-state index in [4.69, 9.17) is 9.47 Å². The van der Waals surface area contributed by atoms with Gasteiger partial charge < -0.3 is 20.1 Å². The van der Waals surface area contributed by atoms with Gasteiger partial charge in [-0.25, -0.2) is 4.79 Å². The van der Waals surface area contributed by atoms with E-state index in [9.17, 15) is 19.2 Å². The number of benzene rings is 1. The number of ether oxygens (including phenoxy) is 2. The first-order valence-electron chi connectivity index (χ1n) is 9.63. The Kier molecular flexibility index (Phi) is 6.36. The second-order valence-corrected chi connectivity index (χ2v) is 7.18. The van der Waals surface area contributed by atoms with Crippen molar-refractivity contribution in [3.63, 3.8) is 0 Å². The lowest BCUT2D eigenvalue weighted by atomic mass is 9.98. The molecule has 0 aromatic heterocycles. The molecule has 0 unspecified atom stereocenters. The number of nitrogens with one attached hydrogen (secondary N) is 2. The summed E-state index contributed by atoms with van der Waals surface area (Å²) < 4.78 is 10.2. The molecular formula is C20H25N3O6. The van der Waals surface area contributed by atoms with Crippen LogP contribution in [-0.2, 0) is 25.5 Å². The normalized spacial score (nSPS) is 17.3. The predicted octanol–water partition coefficient (Wildman–Crippen LogP) is 0.762. The van der Waals surface area contributed by atoms with Gasteiger partial charge in [0.15, 0.2) is 6.61 Å². The largest absolute Gasteiger partial charge is 0.496 e. The summed E-state index contributed by atoms with van der Waals surface area (Å²) in [5, 5.41) is 5.35. The molecule has 29 heavy (non-hydrogen) atoms. The molecule has 0 bridgehead atoms. The number of imide groups is 1. The van der Waals surface area contributed by atoms with E-state index in [0.717, 1.165) is 29.1 Å². The van der Waals surface area contributed by atoms with E-state index >= 15 is 0 Å². The van der Waals surface area contributed by atoms with Gasteiger partial charge in [0.05, 0.1) is 7.11 Å². The third kappa shape index (κ3) is 4.67. The first-order chi connectivity index (χ1) is 13.9. The number of rotatable bonds is 8. The van der Waals surface area contributed by atoms with Crippen molar-refractivity contribution in [2.75, 3.05) is 26.8 Å². The first kappa shape index (κ1) is 20.6. The van der Waals surface area contributed by atoms with E-state index in [2.05, 4.69) is 10.6 Å². The minimum atomic E-state index is -0.868. The van der Waals surface area contributed by atoms with Gasteiger partial charge in [-0.3, -0.25) is 19.3 Å². The van der Waals surface area contributed by atoms with Crippen LogP contribution in [0.1, 0.15) is 31.2 Å². The Morgan fingerprint density at radius 1 is 1.21 bits per heavy atom. The number of urea groups is 1. The Morgan fingerprint density at radius 3 is 2.66 bits per heavy atom. The van der Waals surface area contributed by atoms with Crippen molar-refractivity contribution < 1.29 is 28.7 Å². The smallest absolute Gasteiger partial charge is 0.326 e. The molecule has 3 rings (SSSR count). The molecule has 1 saturated carbocycles. The van der Waals surface area contributed by atoms with Crippen LogP contribution in [0.25, 0.3) is 0 Å². The fourth-order valence-electron chi connectivity index (χ4n) is 3.76.